The molecule has 0 fully saturated rings. The van der Waals surface area contributed by atoms with Gasteiger partial charge in [-0.15, -0.1) is 0 Å². The maximum absolute atomic E-state index is 5.88. The van der Waals surface area contributed by atoms with Crippen LogP contribution in [0, 0.1) is 3.70 Å². The molecule has 0 amide bonds. The van der Waals surface area contributed by atoms with Crippen LogP contribution in [0.3, 0.4) is 0 Å². The highest BCUT2D eigenvalue weighted by atomic mass is 127. The fourth-order valence-corrected chi connectivity index (χ4v) is 2.33. The normalized spacial score (nSPS) is 12.2. The Labute approximate surface area is 95.4 Å². The maximum Gasteiger partial charge on any atom is 0.170 e. The third kappa shape index (κ3) is 1.88. The van der Waals surface area contributed by atoms with Crippen LogP contribution in [0.25, 0.3) is 0 Å². The summed E-state index contributed by atoms with van der Waals surface area (Å²) in [5.41, 5.74) is -0.0761. The molecule has 0 saturated carbocycles. The zero-order valence-corrected chi connectivity index (χ0v) is 10.7. The molecule has 0 atom stereocenters. The molecule has 1 heterocycles. The van der Waals surface area contributed by atoms with Crippen molar-refractivity contribution in [3.63, 3.8) is 0 Å². The fraction of sp³-hybridized carbons (Fsp3) is 0.571. The smallest absolute Gasteiger partial charge is 0.170 e. The molecular formula is C7H9Cl2IN2. The second-order valence-corrected chi connectivity index (χ2v) is 5.24. The lowest BCUT2D eigenvalue weighted by Gasteiger charge is -2.20. The molecule has 0 aliphatic heterocycles. The highest BCUT2D eigenvalue weighted by Crippen LogP contribution is 2.30. The topological polar surface area (TPSA) is 17.8 Å². The molecule has 5 heteroatoms. The van der Waals surface area contributed by atoms with Crippen molar-refractivity contribution < 1.29 is 0 Å². The number of rotatable bonds is 0. The van der Waals surface area contributed by atoms with Gasteiger partial charge in [-0.25, -0.2) is 0 Å². The number of aromatic nitrogens is 2. The quantitative estimate of drug-likeness (QED) is 0.669. The molecule has 0 bridgehead atoms. The van der Waals surface area contributed by atoms with Gasteiger partial charge in [0.2, 0.25) is 0 Å². The average molecular weight is 319 g/mol. The van der Waals surface area contributed by atoms with Crippen molar-refractivity contribution in [2.24, 2.45) is 0 Å². The van der Waals surface area contributed by atoms with Gasteiger partial charge in [0.1, 0.15) is 8.72 Å². The van der Waals surface area contributed by atoms with Crippen molar-refractivity contribution in [1.29, 1.82) is 0 Å². The van der Waals surface area contributed by atoms with Crippen molar-refractivity contribution in [1.82, 2.24) is 9.78 Å². The van der Waals surface area contributed by atoms with Gasteiger partial charge >= 0.3 is 0 Å². The van der Waals surface area contributed by atoms with E-state index in [0.29, 0.717) is 10.2 Å². The summed E-state index contributed by atoms with van der Waals surface area (Å²) in [6.07, 6.45) is 0. The van der Waals surface area contributed by atoms with Crippen molar-refractivity contribution in [2.45, 2.75) is 26.3 Å². The van der Waals surface area contributed by atoms with E-state index >= 15 is 0 Å². The maximum atomic E-state index is 5.88. The molecule has 0 spiro atoms. The van der Waals surface area contributed by atoms with Crippen LogP contribution in [-0.2, 0) is 5.54 Å². The van der Waals surface area contributed by atoms with Crippen molar-refractivity contribution >= 4 is 45.8 Å². The van der Waals surface area contributed by atoms with Crippen LogP contribution in [0.5, 0.6) is 0 Å². The van der Waals surface area contributed by atoms with Crippen molar-refractivity contribution in [2.75, 3.05) is 0 Å². The van der Waals surface area contributed by atoms with Gasteiger partial charge in [0, 0.05) is 0 Å². The third-order valence-corrected chi connectivity index (χ3v) is 3.41. The summed E-state index contributed by atoms with van der Waals surface area (Å²) in [6, 6.07) is 0. The van der Waals surface area contributed by atoms with Gasteiger partial charge in [-0.3, -0.25) is 4.68 Å². The second-order valence-electron chi connectivity index (χ2n) is 3.48. The molecule has 2 nitrogen and oxygen atoms in total. The summed E-state index contributed by atoms with van der Waals surface area (Å²) in [7, 11) is 0. The molecule has 0 aromatic carbocycles. The first-order chi connectivity index (χ1) is 5.34. The molecule has 0 unspecified atom stereocenters. The predicted molar refractivity (Wildman–Crippen MR) is 60.0 cm³/mol. The summed E-state index contributed by atoms with van der Waals surface area (Å²) in [5.74, 6) is 0. The molecular weight excluding hydrogens is 310 g/mol. The Kier molecular flexibility index (Phi) is 2.96. The molecule has 0 radical (unpaired) electrons. The van der Waals surface area contributed by atoms with Crippen LogP contribution < -0.4 is 0 Å². The van der Waals surface area contributed by atoms with Crippen LogP contribution in [0.15, 0.2) is 0 Å². The zero-order valence-electron chi connectivity index (χ0n) is 7.03. The SMILES string of the molecule is CC(C)(C)n1nc(Cl)c(Cl)c1I. The summed E-state index contributed by atoms with van der Waals surface area (Å²) >= 11 is 13.8. The molecule has 1 aromatic rings. The van der Waals surface area contributed by atoms with Gasteiger partial charge in [0.15, 0.2) is 5.15 Å². The lowest BCUT2D eigenvalue weighted by Crippen LogP contribution is -2.24. The molecule has 0 saturated heterocycles. The molecule has 0 aliphatic rings. The minimum absolute atomic E-state index is 0.0761. The first-order valence-electron chi connectivity index (χ1n) is 3.44. The summed E-state index contributed by atoms with van der Waals surface area (Å²) in [6.45, 7) is 6.15. The first kappa shape index (κ1) is 10.6. The van der Waals surface area contributed by atoms with Gasteiger partial charge < -0.3 is 0 Å². The van der Waals surface area contributed by atoms with Gasteiger partial charge in [-0.2, -0.15) is 5.10 Å². The Morgan fingerprint density at radius 2 is 1.83 bits per heavy atom. The van der Waals surface area contributed by atoms with Crippen LogP contribution >= 0.6 is 45.8 Å². The van der Waals surface area contributed by atoms with Gasteiger partial charge in [0.05, 0.1) is 5.54 Å². The molecule has 12 heavy (non-hydrogen) atoms. The van der Waals surface area contributed by atoms with E-state index < -0.39 is 0 Å². The highest BCUT2D eigenvalue weighted by molar-refractivity contribution is 14.1. The minimum atomic E-state index is -0.0761. The summed E-state index contributed by atoms with van der Waals surface area (Å²) in [4.78, 5) is 0. The van der Waals surface area contributed by atoms with Crippen LogP contribution in [0.2, 0.25) is 10.2 Å². The van der Waals surface area contributed by atoms with Crippen LogP contribution in [-0.4, -0.2) is 9.78 Å². The Morgan fingerprint density at radius 3 is 2.00 bits per heavy atom. The Balaban J connectivity index is 3.28. The van der Waals surface area contributed by atoms with Crippen LogP contribution in [0.4, 0.5) is 0 Å². The lowest BCUT2D eigenvalue weighted by molar-refractivity contribution is 0.348. The number of nitrogens with zero attached hydrogens (tertiary/aromatic N) is 2. The number of halogens is 3. The Bertz CT molecular complexity index is 301. The largest absolute Gasteiger partial charge is 0.251 e. The van der Waals surface area contributed by atoms with E-state index in [1.165, 1.54) is 0 Å². The zero-order chi connectivity index (χ0) is 9.52. The summed E-state index contributed by atoms with van der Waals surface area (Å²) in [5, 5.41) is 5.03. The van der Waals surface area contributed by atoms with Crippen molar-refractivity contribution in [3.05, 3.63) is 13.9 Å². The molecule has 1 aromatic heterocycles. The number of hydrogen-bond acceptors (Lipinski definition) is 1. The van der Waals surface area contributed by atoms with Gasteiger partial charge in [-0.05, 0) is 43.4 Å². The fourth-order valence-electron chi connectivity index (χ4n) is 0.798. The van der Waals surface area contributed by atoms with Gasteiger partial charge in [0.25, 0.3) is 0 Å². The van der Waals surface area contributed by atoms with E-state index in [9.17, 15) is 0 Å². The van der Waals surface area contributed by atoms with E-state index in [0.717, 1.165) is 3.70 Å². The molecule has 0 N–H and O–H groups in total. The monoisotopic (exact) mass is 318 g/mol. The van der Waals surface area contributed by atoms with Gasteiger partial charge in [-0.1, -0.05) is 23.2 Å². The molecule has 0 aliphatic carbocycles. The number of hydrogen-bond donors (Lipinski definition) is 0. The molecule has 1 rings (SSSR count). The second kappa shape index (κ2) is 3.35. The summed E-state index contributed by atoms with van der Waals surface area (Å²) < 4.78 is 2.70. The Morgan fingerprint density at radius 1 is 1.33 bits per heavy atom. The van der Waals surface area contributed by atoms with E-state index in [2.05, 4.69) is 48.5 Å². The molecule has 68 valence electrons. The Hall–Kier alpha value is 0.520. The minimum Gasteiger partial charge on any atom is -0.251 e. The predicted octanol–water partition coefficient (Wildman–Crippen LogP) is 3.55. The lowest BCUT2D eigenvalue weighted by atomic mass is 10.1. The van der Waals surface area contributed by atoms with Crippen molar-refractivity contribution in [3.8, 4) is 0 Å². The first-order valence-corrected chi connectivity index (χ1v) is 5.27. The van der Waals surface area contributed by atoms with E-state index in [-0.39, 0.29) is 5.54 Å². The van der Waals surface area contributed by atoms with E-state index in [1.807, 2.05) is 4.68 Å². The third-order valence-electron chi connectivity index (χ3n) is 1.37. The standard InChI is InChI=1S/C7H9Cl2IN2/c1-7(2,3)12-6(10)4(8)5(9)11-12/h1-3H3. The van der Waals surface area contributed by atoms with Crippen LogP contribution in [0.1, 0.15) is 20.8 Å². The van der Waals surface area contributed by atoms with E-state index in [1.54, 1.807) is 0 Å². The average Bonchev–Trinajstić information content (AvgIpc) is 2.15. The highest BCUT2D eigenvalue weighted by Gasteiger charge is 2.21. The van der Waals surface area contributed by atoms with E-state index in [4.69, 9.17) is 23.2 Å².